The largest absolute Gasteiger partial charge is 0.486 e. The molecule has 6 heteroatoms. The molecule has 0 unspecified atom stereocenters. The third-order valence-electron chi connectivity index (χ3n) is 3.40. The van der Waals surface area contributed by atoms with Crippen LogP contribution in [0.15, 0.2) is 24.3 Å². The quantitative estimate of drug-likeness (QED) is 0.733. The molecule has 0 bridgehead atoms. The summed E-state index contributed by atoms with van der Waals surface area (Å²) in [6.07, 6.45) is 2.08. The van der Waals surface area contributed by atoms with Gasteiger partial charge in [-0.25, -0.2) is 4.98 Å². The second kappa shape index (κ2) is 8.31. The second-order valence-electron chi connectivity index (χ2n) is 5.34. The fourth-order valence-corrected chi connectivity index (χ4v) is 3.16. The van der Waals surface area contributed by atoms with Gasteiger partial charge in [0.2, 0.25) is 0 Å². The summed E-state index contributed by atoms with van der Waals surface area (Å²) in [5.74, 6) is 0.765. The molecular weight excluding hydrogens is 332 g/mol. The smallest absolute Gasteiger partial charge is 0.265 e. The highest BCUT2D eigenvalue weighted by Crippen LogP contribution is 2.22. The van der Waals surface area contributed by atoms with Crippen LogP contribution in [0.3, 0.4) is 0 Å². The van der Waals surface area contributed by atoms with Crippen molar-refractivity contribution in [1.82, 2.24) is 9.88 Å². The molecule has 0 radical (unpaired) electrons. The number of hydrogen-bond donors (Lipinski definition) is 0. The number of ether oxygens (including phenoxy) is 1. The molecule has 1 heterocycles. The van der Waals surface area contributed by atoms with Gasteiger partial charge < -0.3 is 9.64 Å². The molecule has 0 saturated heterocycles. The molecule has 23 heavy (non-hydrogen) atoms. The zero-order valence-electron chi connectivity index (χ0n) is 13.6. The Kier molecular flexibility index (Phi) is 6.42. The molecular formula is C17H21ClN2O2S. The van der Waals surface area contributed by atoms with E-state index in [-0.39, 0.29) is 5.91 Å². The number of nitrogens with zero attached hydrogens (tertiary/aromatic N) is 2. The number of aromatic nitrogens is 1. The fraction of sp³-hybridized carbons (Fsp3) is 0.412. The number of aryl methyl sites for hydroxylation is 1. The van der Waals surface area contributed by atoms with Crippen molar-refractivity contribution in [2.75, 3.05) is 13.6 Å². The lowest BCUT2D eigenvalue weighted by molar-refractivity contribution is 0.0797. The molecule has 0 aliphatic carbocycles. The number of carbonyl (C=O) groups excluding carboxylic acids is 1. The van der Waals surface area contributed by atoms with Crippen LogP contribution in [-0.2, 0) is 6.61 Å². The van der Waals surface area contributed by atoms with E-state index < -0.39 is 0 Å². The molecule has 0 aliphatic rings. The first kappa shape index (κ1) is 17.8. The van der Waals surface area contributed by atoms with Crippen LogP contribution < -0.4 is 4.74 Å². The third-order valence-corrected chi connectivity index (χ3v) is 4.78. The molecule has 1 aromatic carbocycles. The number of carbonyl (C=O) groups is 1. The molecule has 0 N–H and O–H groups in total. The van der Waals surface area contributed by atoms with Crippen molar-refractivity contribution in [3.8, 4) is 5.75 Å². The maximum atomic E-state index is 12.4. The van der Waals surface area contributed by atoms with Crippen molar-refractivity contribution in [3.63, 3.8) is 0 Å². The van der Waals surface area contributed by atoms with Crippen molar-refractivity contribution in [1.29, 1.82) is 0 Å². The minimum atomic E-state index is 0.0335. The van der Waals surface area contributed by atoms with Crippen molar-refractivity contribution < 1.29 is 9.53 Å². The normalized spacial score (nSPS) is 10.6. The van der Waals surface area contributed by atoms with E-state index in [4.69, 9.17) is 16.3 Å². The Balaban J connectivity index is 1.99. The van der Waals surface area contributed by atoms with Gasteiger partial charge in [0, 0.05) is 18.6 Å². The lowest BCUT2D eigenvalue weighted by Crippen LogP contribution is -2.27. The first-order valence-electron chi connectivity index (χ1n) is 7.61. The Morgan fingerprint density at radius 3 is 2.70 bits per heavy atom. The molecule has 2 rings (SSSR count). The number of amides is 1. The number of benzene rings is 1. The highest BCUT2D eigenvalue weighted by atomic mass is 35.5. The van der Waals surface area contributed by atoms with E-state index in [9.17, 15) is 4.79 Å². The molecule has 0 fully saturated rings. The summed E-state index contributed by atoms with van der Waals surface area (Å²) in [4.78, 5) is 19.3. The van der Waals surface area contributed by atoms with Gasteiger partial charge in [-0.15, -0.1) is 11.3 Å². The maximum Gasteiger partial charge on any atom is 0.265 e. The van der Waals surface area contributed by atoms with Gasteiger partial charge in [-0.05, 0) is 37.6 Å². The molecule has 1 aromatic heterocycles. The topological polar surface area (TPSA) is 42.4 Å². The van der Waals surface area contributed by atoms with Crippen LogP contribution in [0.5, 0.6) is 5.75 Å². The van der Waals surface area contributed by atoms with Crippen LogP contribution in [0.25, 0.3) is 0 Å². The summed E-state index contributed by atoms with van der Waals surface area (Å²) in [7, 11) is 1.83. The summed E-state index contributed by atoms with van der Waals surface area (Å²) in [6, 6.07) is 7.18. The summed E-state index contributed by atoms with van der Waals surface area (Å²) in [6.45, 7) is 5.09. The van der Waals surface area contributed by atoms with Gasteiger partial charge in [0.15, 0.2) is 0 Å². The van der Waals surface area contributed by atoms with Crippen LogP contribution in [0, 0.1) is 6.92 Å². The summed E-state index contributed by atoms with van der Waals surface area (Å²) < 4.78 is 5.68. The Hall–Kier alpha value is -1.59. The first-order valence-corrected chi connectivity index (χ1v) is 8.80. The SMILES string of the molecule is CCCCN(C)C(=O)c1sc(COc2ccc(Cl)cc2)nc1C. The summed E-state index contributed by atoms with van der Waals surface area (Å²) in [5, 5.41) is 1.47. The highest BCUT2D eigenvalue weighted by molar-refractivity contribution is 7.13. The van der Waals surface area contributed by atoms with E-state index in [1.807, 2.05) is 26.1 Å². The summed E-state index contributed by atoms with van der Waals surface area (Å²) >= 11 is 7.24. The molecule has 0 atom stereocenters. The molecule has 0 saturated carbocycles. The van der Waals surface area contributed by atoms with Gasteiger partial charge >= 0.3 is 0 Å². The van der Waals surface area contributed by atoms with Crippen LogP contribution >= 0.6 is 22.9 Å². The Morgan fingerprint density at radius 2 is 2.04 bits per heavy atom. The molecule has 0 spiro atoms. The molecule has 4 nitrogen and oxygen atoms in total. The number of halogens is 1. The average Bonchev–Trinajstić information content (AvgIpc) is 2.92. The zero-order chi connectivity index (χ0) is 16.8. The number of unbranched alkanes of at least 4 members (excludes halogenated alkanes) is 1. The van der Waals surface area contributed by atoms with Gasteiger partial charge in [0.25, 0.3) is 5.91 Å². The highest BCUT2D eigenvalue weighted by Gasteiger charge is 2.18. The second-order valence-corrected chi connectivity index (χ2v) is 6.87. The van der Waals surface area contributed by atoms with Crippen molar-refractivity contribution >= 4 is 28.8 Å². The van der Waals surface area contributed by atoms with E-state index >= 15 is 0 Å². The van der Waals surface area contributed by atoms with Gasteiger partial charge in [-0.1, -0.05) is 24.9 Å². The third kappa shape index (κ3) is 4.94. The van der Waals surface area contributed by atoms with Gasteiger partial charge in [-0.2, -0.15) is 0 Å². The van der Waals surface area contributed by atoms with Crippen LogP contribution in [0.4, 0.5) is 0 Å². The van der Waals surface area contributed by atoms with Crippen LogP contribution in [0.2, 0.25) is 5.02 Å². The van der Waals surface area contributed by atoms with Crippen molar-refractivity contribution in [3.05, 3.63) is 44.9 Å². The molecule has 124 valence electrons. The van der Waals surface area contributed by atoms with Gasteiger partial charge in [0.05, 0.1) is 5.69 Å². The summed E-state index contributed by atoms with van der Waals surface area (Å²) in [5.41, 5.74) is 0.762. The van der Waals surface area contributed by atoms with Gasteiger partial charge in [-0.3, -0.25) is 4.79 Å². The van der Waals surface area contributed by atoms with Crippen molar-refractivity contribution in [2.45, 2.75) is 33.3 Å². The Labute approximate surface area is 146 Å². The number of rotatable bonds is 7. The predicted molar refractivity (Wildman–Crippen MR) is 94.5 cm³/mol. The van der Waals surface area contributed by atoms with E-state index in [0.29, 0.717) is 16.5 Å². The molecule has 1 amide bonds. The van der Waals surface area contributed by atoms with E-state index in [1.54, 1.807) is 17.0 Å². The van der Waals surface area contributed by atoms with E-state index in [2.05, 4.69) is 11.9 Å². The minimum absolute atomic E-state index is 0.0335. The standard InChI is InChI=1S/C17H21ClN2O2S/c1-4-5-10-20(3)17(21)16-12(2)19-15(23-16)11-22-14-8-6-13(18)7-9-14/h6-9H,4-5,10-11H2,1-3H3. The molecule has 2 aromatic rings. The van der Waals surface area contributed by atoms with E-state index in [0.717, 1.165) is 35.8 Å². The predicted octanol–water partition coefficient (Wildman–Crippen LogP) is 4.56. The Bertz CT molecular complexity index is 655. The zero-order valence-corrected chi connectivity index (χ0v) is 15.2. The first-order chi connectivity index (χ1) is 11.0. The maximum absolute atomic E-state index is 12.4. The minimum Gasteiger partial charge on any atom is -0.486 e. The number of thiazole rings is 1. The number of hydrogen-bond acceptors (Lipinski definition) is 4. The average molecular weight is 353 g/mol. The lowest BCUT2D eigenvalue weighted by atomic mass is 10.3. The lowest BCUT2D eigenvalue weighted by Gasteiger charge is -2.15. The Morgan fingerprint density at radius 1 is 1.35 bits per heavy atom. The fourth-order valence-electron chi connectivity index (χ4n) is 2.06. The van der Waals surface area contributed by atoms with Gasteiger partial charge in [0.1, 0.15) is 22.2 Å². The molecule has 0 aliphatic heterocycles. The van der Waals surface area contributed by atoms with E-state index in [1.165, 1.54) is 11.3 Å². The monoisotopic (exact) mass is 352 g/mol. The van der Waals surface area contributed by atoms with Crippen molar-refractivity contribution in [2.24, 2.45) is 0 Å². The van der Waals surface area contributed by atoms with Crippen LogP contribution in [-0.4, -0.2) is 29.4 Å². The van der Waals surface area contributed by atoms with Crippen LogP contribution in [0.1, 0.15) is 40.1 Å².